The van der Waals surface area contributed by atoms with Gasteiger partial charge in [0.1, 0.15) is 0 Å². The molecule has 0 fully saturated rings. The minimum atomic E-state index is -4.13. The SMILES string of the molecule is FC(F)(F)C1C=CC=NC1. The minimum absolute atomic E-state index is 0.167. The molecular weight excluding hydrogens is 143 g/mol. The molecule has 0 radical (unpaired) electrons. The predicted octanol–water partition coefficient (Wildman–Crippen LogP) is 1.81. The van der Waals surface area contributed by atoms with Crippen LogP contribution in [0.1, 0.15) is 0 Å². The van der Waals surface area contributed by atoms with Crippen molar-refractivity contribution in [3.63, 3.8) is 0 Å². The van der Waals surface area contributed by atoms with Crippen molar-refractivity contribution in [3.8, 4) is 0 Å². The van der Waals surface area contributed by atoms with Crippen molar-refractivity contribution in [2.24, 2.45) is 10.9 Å². The lowest BCUT2D eigenvalue weighted by molar-refractivity contribution is -0.158. The van der Waals surface area contributed by atoms with Crippen molar-refractivity contribution in [3.05, 3.63) is 12.2 Å². The van der Waals surface area contributed by atoms with Gasteiger partial charge < -0.3 is 0 Å². The van der Waals surface area contributed by atoms with E-state index in [0.717, 1.165) is 6.08 Å². The Morgan fingerprint density at radius 2 is 2.10 bits per heavy atom. The van der Waals surface area contributed by atoms with Gasteiger partial charge in [0.2, 0.25) is 0 Å². The average molecular weight is 149 g/mol. The minimum Gasteiger partial charge on any atom is -0.292 e. The molecule has 0 saturated carbocycles. The fourth-order valence-corrected chi connectivity index (χ4v) is 0.693. The molecule has 1 unspecified atom stereocenters. The monoisotopic (exact) mass is 149 g/mol. The molecule has 1 atom stereocenters. The van der Waals surface area contributed by atoms with Crippen LogP contribution in [0.5, 0.6) is 0 Å². The van der Waals surface area contributed by atoms with Crippen LogP contribution in [0.25, 0.3) is 0 Å². The first-order valence-electron chi connectivity index (χ1n) is 2.84. The number of hydrogen-bond acceptors (Lipinski definition) is 1. The molecule has 0 aromatic rings. The van der Waals surface area contributed by atoms with E-state index in [4.69, 9.17) is 0 Å². The topological polar surface area (TPSA) is 12.4 Å². The Morgan fingerprint density at radius 1 is 1.40 bits per heavy atom. The molecular formula is C6H6F3N. The summed E-state index contributed by atoms with van der Waals surface area (Å²) in [6.45, 7) is -0.167. The van der Waals surface area contributed by atoms with Gasteiger partial charge in [-0.3, -0.25) is 4.99 Å². The molecule has 0 aliphatic carbocycles. The van der Waals surface area contributed by atoms with E-state index < -0.39 is 12.1 Å². The zero-order chi connectivity index (χ0) is 7.61. The molecule has 0 aromatic heterocycles. The van der Waals surface area contributed by atoms with Crippen LogP contribution in [0.2, 0.25) is 0 Å². The Morgan fingerprint density at radius 3 is 2.40 bits per heavy atom. The van der Waals surface area contributed by atoms with E-state index in [1.54, 1.807) is 0 Å². The zero-order valence-corrected chi connectivity index (χ0v) is 5.10. The predicted molar refractivity (Wildman–Crippen MR) is 32.0 cm³/mol. The van der Waals surface area contributed by atoms with E-state index in [-0.39, 0.29) is 6.54 Å². The van der Waals surface area contributed by atoms with E-state index in [9.17, 15) is 13.2 Å². The van der Waals surface area contributed by atoms with Gasteiger partial charge in [0.15, 0.2) is 0 Å². The second-order valence-electron chi connectivity index (χ2n) is 2.05. The summed E-state index contributed by atoms with van der Waals surface area (Å²) >= 11 is 0. The van der Waals surface area contributed by atoms with Gasteiger partial charge >= 0.3 is 6.18 Å². The largest absolute Gasteiger partial charge is 0.396 e. The highest BCUT2D eigenvalue weighted by molar-refractivity contribution is 5.72. The van der Waals surface area contributed by atoms with Gasteiger partial charge in [0.05, 0.1) is 12.5 Å². The average Bonchev–Trinajstić information content (AvgIpc) is 1.88. The summed E-state index contributed by atoms with van der Waals surface area (Å²) in [5.41, 5.74) is 0. The van der Waals surface area contributed by atoms with Gasteiger partial charge in [0.25, 0.3) is 0 Å². The molecule has 10 heavy (non-hydrogen) atoms. The summed E-state index contributed by atoms with van der Waals surface area (Å²) in [6.07, 6.45) is -0.314. The highest BCUT2D eigenvalue weighted by Crippen LogP contribution is 2.28. The number of dihydropyridines is 1. The molecule has 0 bridgehead atoms. The van der Waals surface area contributed by atoms with Crippen LogP contribution >= 0.6 is 0 Å². The fraction of sp³-hybridized carbons (Fsp3) is 0.500. The fourth-order valence-electron chi connectivity index (χ4n) is 0.693. The lowest BCUT2D eigenvalue weighted by atomic mass is 10.1. The first-order valence-corrected chi connectivity index (χ1v) is 2.84. The summed E-state index contributed by atoms with van der Waals surface area (Å²) in [5.74, 6) is -1.38. The van der Waals surface area contributed by atoms with Crippen LogP contribution in [-0.2, 0) is 0 Å². The Balaban J connectivity index is 2.60. The lowest BCUT2D eigenvalue weighted by Crippen LogP contribution is -2.24. The first-order chi connectivity index (χ1) is 4.61. The molecule has 0 saturated heterocycles. The maximum absolute atomic E-state index is 11.8. The van der Waals surface area contributed by atoms with E-state index in [2.05, 4.69) is 4.99 Å². The lowest BCUT2D eigenvalue weighted by Gasteiger charge is -2.15. The molecule has 1 heterocycles. The summed E-state index contributed by atoms with van der Waals surface area (Å²) in [5, 5.41) is 0. The third kappa shape index (κ3) is 1.59. The van der Waals surface area contributed by atoms with Gasteiger partial charge in [-0.05, 0) is 6.08 Å². The Labute approximate surface area is 56.3 Å². The van der Waals surface area contributed by atoms with Crippen LogP contribution in [0.15, 0.2) is 17.1 Å². The third-order valence-electron chi connectivity index (χ3n) is 1.26. The molecule has 0 spiro atoms. The Kier molecular flexibility index (Phi) is 1.78. The molecule has 1 aliphatic rings. The number of rotatable bonds is 0. The third-order valence-corrected chi connectivity index (χ3v) is 1.26. The molecule has 1 rings (SSSR count). The summed E-state index contributed by atoms with van der Waals surface area (Å²) < 4.78 is 35.4. The van der Waals surface area contributed by atoms with Crippen molar-refractivity contribution in [1.29, 1.82) is 0 Å². The quantitative estimate of drug-likeness (QED) is 0.498. The first kappa shape index (κ1) is 7.31. The van der Waals surface area contributed by atoms with Crippen molar-refractivity contribution < 1.29 is 13.2 Å². The molecule has 1 nitrogen and oxygen atoms in total. The Hall–Kier alpha value is -0.800. The van der Waals surface area contributed by atoms with Crippen LogP contribution in [0, 0.1) is 5.92 Å². The summed E-state index contributed by atoms with van der Waals surface area (Å²) in [6, 6.07) is 0. The normalized spacial score (nSPS) is 25.3. The Bertz CT molecular complexity index is 168. The van der Waals surface area contributed by atoms with Gasteiger partial charge in [-0.25, -0.2) is 0 Å². The number of allylic oxidation sites excluding steroid dienone is 1. The molecule has 0 N–H and O–H groups in total. The van der Waals surface area contributed by atoms with Crippen molar-refractivity contribution in [1.82, 2.24) is 0 Å². The second-order valence-corrected chi connectivity index (χ2v) is 2.05. The number of alkyl halides is 3. The number of aliphatic imine (C=N–C) groups is 1. The molecule has 4 heteroatoms. The molecule has 0 amide bonds. The van der Waals surface area contributed by atoms with E-state index in [1.165, 1.54) is 12.3 Å². The van der Waals surface area contributed by atoms with Crippen LogP contribution in [0.4, 0.5) is 13.2 Å². The summed E-state index contributed by atoms with van der Waals surface area (Å²) in [7, 11) is 0. The second kappa shape index (κ2) is 2.44. The van der Waals surface area contributed by atoms with Gasteiger partial charge in [0, 0.05) is 6.21 Å². The smallest absolute Gasteiger partial charge is 0.292 e. The van der Waals surface area contributed by atoms with Crippen molar-refractivity contribution in [2.45, 2.75) is 6.18 Å². The molecule has 56 valence electrons. The van der Waals surface area contributed by atoms with Gasteiger partial charge in [-0.15, -0.1) is 0 Å². The maximum Gasteiger partial charge on any atom is 0.396 e. The number of halogens is 3. The standard InChI is InChI=1S/C6H6F3N/c7-6(8,9)5-2-1-3-10-4-5/h1-3,5H,4H2. The van der Waals surface area contributed by atoms with E-state index >= 15 is 0 Å². The highest BCUT2D eigenvalue weighted by atomic mass is 19.4. The summed E-state index contributed by atoms with van der Waals surface area (Å²) in [4.78, 5) is 3.49. The number of nitrogens with zero attached hydrogens (tertiary/aromatic N) is 1. The highest BCUT2D eigenvalue weighted by Gasteiger charge is 2.37. The van der Waals surface area contributed by atoms with Crippen LogP contribution < -0.4 is 0 Å². The van der Waals surface area contributed by atoms with Crippen LogP contribution in [0.3, 0.4) is 0 Å². The molecule has 1 aliphatic heterocycles. The number of hydrogen-bond donors (Lipinski definition) is 0. The maximum atomic E-state index is 11.8. The zero-order valence-electron chi connectivity index (χ0n) is 5.10. The van der Waals surface area contributed by atoms with Crippen LogP contribution in [-0.4, -0.2) is 18.9 Å². The van der Waals surface area contributed by atoms with Crippen molar-refractivity contribution >= 4 is 6.21 Å². The van der Waals surface area contributed by atoms with Crippen molar-refractivity contribution in [2.75, 3.05) is 6.54 Å². The van der Waals surface area contributed by atoms with E-state index in [0.29, 0.717) is 0 Å². The molecule has 0 aromatic carbocycles. The van der Waals surface area contributed by atoms with Gasteiger partial charge in [-0.1, -0.05) is 6.08 Å². The van der Waals surface area contributed by atoms with Gasteiger partial charge in [-0.2, -0.15) is 13.2 Å². The van der Waals surface area contributed by atoms with E-state index in [1.807, 2.05) is 0 Å².